The number of ether oxygens (including phenoxy) is 1. The van der Waals surface area contributed by atoms with Gasteiger partial charge in [0, 0.05) is 16.0 Å². The van der Waals surface area contributed by atoms with Gasteiger partial charge in [0.15, 0.2) is 0 Å². The molecule has 1 aliphatic rings. The topological polar surface area (TPSA) is 90.2 Å². The number of aliphatic hydroxyl groups excluding tert-OH is 4. The second-order valence-electron chi connectivity index (χ2n) is 8.97. The number of halogens is 1. The number of benzene rings is 2. The molecule has 31 heavy (non-hydrogen) atoms. The maximum Gasteiger partial charge on any atom is 0.113 e. The Bertz CT molecular complexity index is 953. The normalized spacial score (nSPS) is 26.3. The number of hydrogen-bond donors (Lipinski definition) is 4. The molecule has 0 unspecified atom stereocenters. The first-order valence-corrected chi connectivity index (χ1v) is 10.7. The molecule has 0 aliphatic carbocycles. The van der Waals surface area contributed by atoms with Gasteiger partial charge in [0.25, 0.3) is 0 Å². The fourth-order valence-corrected chi connectivity index (χ4v) is 3.65. The van der Waals surface area contributed by atoms with Crippen molar-refractivity contribution in [3.63, 3.8) is 0 Å². The predicted molar refractivity (Wildman–Crippen MR) is 120 cm³/mol. The van der Waals surface area contributed by atoms with E-state index in [0.717, 1.165) is 16.7 Å². The summed E-state index contributed by atoms with van der Waals surface area (Å²) >= 11 is 6.41. The van der Waals surface area contributed by atoms with Crippen LogP contribution in [-0.4, -0.2) is 51.4 Å². The maximum absolute atomic E-state index is 10.4. The predicted octanol–water partition coefficient (Wildman–Crippen LogP) is 2.84. The van der Waals surface area contributed by atoms with Crippen LogP contribution >= 0.6 is 11.6 Å². The van der Waals surface area contributed by atoms with Crippen LogP contribution in [0.2, 0.25) is 5.02 Å². The minimum atomic E-state index is -1.42. The van der Waals surface area contributed by atoms with Crippen molar-refractivity contribution >= 4 is 11.6 Å². The minimum Gasteiger partial charge on any atom is -0.394 e. The molecule has 3 rings (SSSR count). The lowest BCUT2D eigenvalue weighted by molar-refractivity contribution is -0.231. The van der Waals surface area contributed by atoms with Crippen molar-refractivity contribution in [1.82, 2.24) is 0 Å². The van der Waals surface area contributed by atoms with Crippen LogP contribution < -0.4 is 0 Å². The Labute approximate surface area is 188 Å². The minimum absolute atomic E-state index is 0.0585. The second-order valence-corrected chi connectivity index (χ2v) is 9.38. The average Bonchev–Trinajstić information content (AvgIpc) is 2.73. The lowest BCUT2D eigenvalue weighted by atomic mass is 9.90. The van der Waals surface area contributed by atoms with Gasteiger partial charge in [0.05, 0.1) is 6.61 Å². The third-order valence-electron chi connectivity index (χ3n) is 5.22. The van der Waals surface area contributed by atoms with Gasteiger partial charge in [-0.15, -0.1) is 0 Å². The van der Waals surface area contributed by atoms with Crippen molar-refractivity contribution in [3.05, 3.63) is 69.7 Å². The second kappa shape index (κ2) is 9.70. The Morgan fingerprint density at radius 3 is 2.26 bits per heavy atom. The molecule has 1 heterocycles. The van der Waals surface area contributed by atoms with Gasteiger partial charge in [0.2, 0.25) is 0 Å². The highest BCUT2D eigenvalue weighted by Crippen LogP contribution is 2.34. The van der Waals surface area contributed by atoms with Gasteiger partial charge in [-0.1, -0.05) is 47.7 Å². The molecule has 5 nitrogen and oxygen atoms in total. The monoisotopic (exact) mass is 444 g/mol. The summed E-state index contributed by atoms with van der Waals surface area (Å²) in [5.41, 5.74) is 3.39. The molecule has 166 valence electrons. The van der Waals surface area contributed by atoms with E-state index >= 15 is 0 Å². The molecule has 0 spiro atoms. The maximum atomic E-state index is 10.4. The fourth-order valence-electron chi connectivity index (χ4n) is 3.47. The Hall–Kier alpha value is -1.91. The zero-order valence-electron chi connectivity index (χ0n) is 17.9. The Morgan fingerprint density at radius 1 is 0.968 bits per heavy atom. The zero-order chi connectivity index (χ0) is 22.8. The van der Waals surface area contributed by atoms with E-state index in [4.69, 9.17) is 16.3 Å². The van der Waals surface area contributed by atoms with E-state index in [9.17, 15) is 20.4 Å². The summed E-state index contributed by atoms with van der Waals surface area (Å²) in [5.74, 6) is 6.39. The molecule has 6 heteroatoms. The van der Waals surface area contributed by atoms with Crippen LogP contribution in [0.5, 0.6) is 0 Å². The van der Waals surface area contributed by atoms with Crippen LogP contribution in [0, 0.1) is 17.3 Å². The molecule has 2 aromatic carbocycles. The van der Waals surface area contributed by atoms with Crippen LogP contribution in [0.1, 0.15) is 49.1 Å². The summed E-state index contributed by atoms with van der Waals surface area (Å²) < 4.78 is 5.66. The molecule has 1 fully saturated rings. The highest BCUT2D eigenvalue weighted by molar-refractivity contribution is 6.31. The summed E-state index contributed by atoms with van der Waals surface area (Å²) in [6.45, 7) is 5.74. The Kier molecular flexibility index (Phi) is 7.43. The van der Waals surface area contributed by atoms with Crippen LogP contribution in [0.3, 0.4) is 0 Å². The highest BCUT2D eigenvalue weighted by Gasteiger charge is 2.44. The van der Waals surface area contributed by atoms with E-state index in [1.807, 2.05) is 30.3 Å². The van der Waals surface area contributed by atoms with Crippen LogP contribution in [-0.2, 0) is 11.2 Å². The Balaban J connectivity index is 1.81. The highest BCUT2D eigenvalue weighted by atomic mass is 35.5. The largest absolute Gasteiger partial charge is 0.394 e. The lowest BCUT2D eigenvalue weighted by Crippen LogP contribution is -2.55. The van der Waals surface area contributed by atoms with E-state index in [-0.39, 0.29) is 5.41 Å². The van der Waals surface area contributed by atoms with Crippen LogP contribution in [0.25, 0.3) is 0 Å². The van der Waals surface area contributed by atoms with Gasteiger partial charge in [-0.05, 0) is 62.1 Å². The molecule has 0 saturated carbocycles. The van der Waals surface area contributed by atoms with Crippen molar-refractivity contribution < 1.29 is 25.2 Å². The first-order chi connectivity index (χ1) is 14.6. The lowest BCUT2D eigenvalue weighted by Gasteiger charge is -2.40. The molecule has 0 bridgehead atoms. The van der Waals surface area contributed by atoms with Crippen molar-refractivity contribution in [2.45, 2.75) is 57.7 Å². The molecular formula is C25H29ClO5. The van der Waals surface area contributed by atoms with E-state index in [2.05, 4.69) is 32.6 Å². The Morgan fingerprint density at radius 2 is 1.65 bits per heavy atom. The van der Waals surface area contributed by atoms with E-state index in [0.29, 0.717) is 17.0 Å². The van der Waals surface area contributed by atoms with Gasteiger partial charge >= 0.3 is 0 Å². The van der Waals surface area contributed by atoms with Gasteiger partial charge in [-0.2, -0.15) is 0 Å². The van der Waals surface area contributed by atoms with Crippen LogP contribution in [0.15, 0.2) is 42.5 Å². The fraction of sp³-hybridized carbons (Fsp3) is 0.440. The molecule has 5 atom stereocenters. The smallest absolute Gasteiger partial charge is 0.113 e. The summed E-state index contributed by atoms with van der Waals surface area (Å²) in [5, 5.41) is 40.5. The molecular weight excluding hydrogens is 416 g/mol. The molecule has 1 aliphatic heterocycles. The first-order valence-electron chi connectivity index (χ1n) is 10.3. The summed E-state index contributed by atoms with van der Waals surface area (Å²) in [6.07, 6.45) is -5.41. The van der Waals surface area contributed by atoms with Crippen molar-refractivity contribution in [1.29, 1.82) is 0 Å². The van der Waals surface area contributed by atoms with Crippen molar-refractivity contribution in [2.24, 2.45) is 5.41 Å². The molecule has 0 amide bonds. The van der Waals surface area contributed by atoms with Gasteiger partial charge in [-0.3, -0.25) is 0 Å². The molecule has 0 aromatic heterocycles. The van der Waals surface area contributed by atoms with Gasteiger partial charge in [-0.25, -0.2) is 0 Å². The number of rotatable bonds is 4. The molecule has 0 radical (unpaired) electrons. The number of hydrogen-bond acceptors (Lipinski definition) is 5. The summed E-state index contributed by atoms with van der Waals surface area (Å²) in [7, 11) is 0. The third-order valence-corrected chi connectivity index (χ3v) is 5.59. The average molecular weight is 445 g/mol. The number of aliphatic hydroxyl groups is 4. The zero-order valence-corrected chi connectivity index (χ0v) is 18.7. The van der Waals surface area contributed by atoms with Crippen LogP contribution in [0.4, 0.5) is 0 Å². The van der Waals surface area contributed by atoms with Crippen molar-refractivity contribution in [3.8, 4) is 11.8 Å². The van der Waals surface area contributed by atoms with E-state index in [1.165, 1.54) is 0 Å². The van der Waals surface area contributed by atoms with Gasteiger partial charge in [0.1, 0.15) is 30.5 Å². The van der Waals surface area contributed by atoms with Gasteiger partial charge < -0.3 is 25.2 Å². The van der Waals surface area contributed by atoms with E-state index < -0.39 is 37.1 Å². The summed E-state index contributed by atoms with van der Waals surface area (Å²) in [6, 6.07) is 13.2. The van der Waals surface area contributed by atoms with E-state index in [1.54, 1.807) is 12.1 Å². The third kappa shape index (κ3) is 5.87. The first kappa shape index (κ1) is 23.7. The quantitative estimate of drug-likeness (QED) is 0.544. The standard InChI is InChI=1S/C25H29ClO5/c1-25(2,3)11-10-15-4-6-16(7-5-15)12-18-13-17(8-9-19(18)26)24-23(30)22(29)21(28)20(14-27)31-24/h4-9,13,20-24,27-30H,12,14H2,1-3H3/t20-,21-,22+,23-,24+/m1/s1. The molecule has 2 aromatic rings. The van der Waals surface area contributed by atoms with Crippen molar-refractivity contribution in [2.75, 3.05) is 6.61 Å². The molecule has 4 N–H and O–H groups in total. The molecule has 1 saturated heterocycles. The summed E-state index contributed by atoms with van der Waals surface area (Å²) in [4.78, 5) is 0. The SMILES string of the molecule is CC(C)(C)C#Cc1ccc(Cc2cc([C@@H]3O[C@H](CO)[C@@H](O)[C@H](O)[C@H]3O)ccc2Cl)cc1.